The normalized spacial score (nSPS) is 15.8. The Balaban J connectivity index is 1.64. The van der Waals surface area contributed by atoms with Gasteiger partial charge in [0.25, 0.3) is 15.9 Å². The van der Waals surface area contributed by atoms with Crippen LogP contribution in [0.15, 0.2) is 89.8 Å². The average molecular weight is 614 g/mol. The third-order valence-corrected chi connectivity index (χ3v) is 9.64. The van der Waals surface area contributed by atoms with Crippen LogP contribution >= 0.6 is 0 Å². The summed E-state index contributed by atoms with van der Waals surface area (Å²) >= 11 is 0. The van der Waals surface area contributed by atoms with E-state index in [9.17, 15) is 22.8 Å². The topological polar surface area (TPSA) is 128 Å². The number of amides is 3. The van der Waals surface area contributed by atoms with Crippen molar-refractivity contribution in [1.82, 2.24) is 10.6 Å². The molecule has 0 bridgehead atoms. The van der Waals surface area contributed by atoms with E-state index in [1.165, 1.54) is 35.5 Å². The van der Waals surface area contributed by atoms with E-state index < -0.39 is 33.9 Å². The summed E-state index contributed by atoms with van der Waals surface area (Å²) in [5.41, 5.74) is 3.06. The molecule has 11 heteroatoms. The van der Waals surface area contributed by atoms with E-state index in [0.29, 0.717) is 17.1 Å². The first kappa shape index (κ1) is 30.7. The van der Waals surface area contributed by atoms with Crippen LogP contribution in [0.2, 0.25) is 0 Å². The standard InChI is InChI=1S/C33H35N5O5S/c1-21-13-14-24-9-5-6-10-27(24)28(21)19-37-30-11-7-8-12-31(30)38(20-29(33(37)41)36-32(40)22(2)34-4)44(42,43)26-17-15-25(16-18-26)35-23(3)39/h5-18,22,29,34H,19-20H2,1-4H3,(H,35,39)(H,36,40). The molecule has 0 saturated carbocycles. The van der Waals surface area contributed by atoms with Crippen LogP contribution in [0.1, 0.15) is 25.0 Å². The molecule has 1 aliphatic rings. The van der Waals surface area contributed by atoms with Gasteiger partial charge in [-0.15, -0.1) is 0 Å². The molecule has 0 aliphatic carbocycles. The summed E-state index contributed by atoms with van der Waals surface area (Å²) < 4.78 is 29.7. The number of likely N-dealkylation sites (N-methyl/N-ethyl adjacent to an activating group) is 1. The minimum atomic E-state index is -4.23. The molecule has 0 spiro atoms. The van der Waals surface area contributed by atoms with Gasteiger partial charge >= 0.3 is 0 Å². The first-order chi connectivity index (χ1) is 21.0. The highest BCUT2D eigenvalue weighted by Crippen LogP contribution is 2.38. The Labute approximate surface area is 257 Å². The maximum Gasteiger partial charge on any atom is 0.264 e. The molecule has 1 heterocycles. The van der Waals surface area contributed by atoms with Crippen LogP contribution in [0.3, 0.4) is 0 Å². The molecule has 0 aromatic heterocycles. The van der Waals surface area contributed by atoms with Crippen LogP contribution in [-0.4, -0.2) is 51.8 Å². The SMILES string of the molecule is CNC(C)C(=O)NC1CN(S(=O)(=O)c2ccc(NC(C)=O)cc2)c2ccccc2N(Cc2c(C)ccc3ccccc23)C1=O. The molecule has 3 N–H and O–H groups in total. The Morgan fingerprint density at radius 3 is 2.27 bits per heavy atom. The lowest BCUT2D eigenvalue weighted by Crippen LogP contribution is -2.55. The highest BCUT2D eigenvalue weighted by atomic mass is 32.2. The summed E-state index contributed by atoms with van der Waals surface area (Å²) in [7, 11) is -2.60. The Morgan fingerprint density at radius 1 is 0.932 bits per heavy atom. The van der Waals surface area contributed by atoms with Crippen LogP contribution in [0.4, 0.5) is 17.1 Å². The van der Waals surface area contributed by atoms with Crippen molar-refractivity contribution >= 4 is 55.6 Å². The monoisotopic (exact) mass is 613 g/mol. The van der Waals surface area contributed by atoms with Crippen molar-refractivity contribution in [3.63, 3.8) is 0 Å². The van der Waals surface area contributed by atoms with Crippen molar-refractivity contribution in [3.8, 4) is 0 Å². The van der Waals surface area contributed by atoms with Crippen LogP contribution in [0.25, 0.3) is 10.8 Å². The molecule has 4 aromatic carbocycles. The fraction of sp³-hybridized carbons (Fsp3) is 0.242. The molecule has 228 valence electrons. The highest BCUT2D eigenvalue weighted by molar-refractivity contribution is 7.92. The molecule has 0 fully saturated rings. The van der Waals surface area contributed by atoms with Crippen molar-refractivity contribution in [2.75, 3.05) is 28.1 Å². The Morgan fingerprint density at radius 2 is 1.59 bits per heavy atom. The van der Waals surface area contributed by atoms with Crippen molar-refractivity contribution in [2.24, 2.45) is 0 Å². The number of fused-ring (bicyclic) bond motifs is 2. The van der Waals surface area contributed by atoms with Gasteiger partial charge in [0, 0.05) is 12.6 Å². The second-order valence-electron chi connectivity index (χ2n) is 10.8. The number of carbonyl (C=O) groups excluding carboxylic acids is 3. The van der Waals surface area contributed by atoms with Gasteiger partial charge in [0.15, 0.2) is 0 Å². The summed E-state index contributed by atoms with van der Waals surface area (Å²) in [6.07, 6.45) is 0. The van der Waals surface area contributed by atoms with Crippen molar-refractivity contribution in [3.05, 3.63) is 96.1 Å². The number of hydrogen-bond acceptors (Lipinski definition) is 6. The van der Waals surface area contributed by atoms with Gasteiger partial charge in [0.05, 0.1) is 35.4 Å². The van der Waals surface area contributed by atoms with Crippen LogP contribution < -0.4 is 25.2 Å². The molecule has 2 atom stereocenters. The third kappa shape index (κ3) is 6.01. The number of anilines is 3. The molecule has 1 aliphatic heterocycles. The van der Waals surface area contributed by atoms with Crippen molar-refractivity contribution in [2.45, 2.75) is 44.3 Å². The number of sulfonamides is 1. The third-order valence-electron chi connectivity index (χ3n) is 7.85. The van der Waals surface area contributed by atoms with Gasteiger partial charge < -0.3 is 20.9 Å². The van der Waals surface area contributed by atoms with Gasteiger partial charge in [-0.25, -0.2) is 8.42 Å². The number of aryl methyl sites for hydroxylation is 1. The summed E-state index contributed by atoms with van der Waals surface area (Å²) in [6.45, 7) is 4.85. The lowest BCUT2D eigenvalue weighted by atomic mass is 9.99. The van der Waals surface area contributed by atoms with Crippen LogP contribution in [0.5, 0.6) is 0 Å². The second kappa shape index (κ2) is 12.5. The summed E-state index contributed by atoms with van der Waals surface area (Å²) in [4.78, 5) is 40.5. The number of nitrogens with zero attached hydrogens (tertiary/aromatic N) is 2. The quantitative estimate of drug-likeness (QED) is 0.276. The Kier molecular flexibility index (Phi) is 8.70. The van der Waals surface area contributed by atoms with Crippen molar-refractivity contribution in [1.29, 1.82) is 0 Å². The molecule has 0 radical (unpaired) electrons. The molecular weight excluding hydrogens is 578 g/mol. The molecule has 2 unspecified atom stereocenters. The number of benzene rings is 4. The lowest BCUT2D eigenvalue weighted by Gasteiger charge is -2.27. The van der Waals surface area contributed by atoms with Gasteiger partial charge in [0.2, 0.25) is 11.8 Å². The van der Waals surface area contributed by atoms with Gasteiger partial charge in [-0.3, -0.25) is 18.7 Å². The molecule has 0 saturated heterocycles. The summed E-state index contributed by atoms with van der Waals surface area (Å²) in [5.74, 6) is -1.15. The van der Waals surface area contributed by atoms with Crippen LogP contribution in [0, 0.1) is 6.92 Å². The number of hydrogen-bond donors (Lipinski definition) is 3. The highest BCUT2D eigenvalue weighted by Gasteiger charge is 2.40. The minimum absolute atomic E-state index is 0.0270. The zero-order valence-corrected chi connectivity index (χ0v) is 25.8. The van der Waals surface area contributed by atoms with E-state index in [-0.39, 0.29) is 23.9 Å². The lowest BCUT2D eigenvalue weighted by molar-refractivity contribution is -0.128. The van der Waals surface area contributed by atoms with E-state index in [1.54, 1.807) is 43.1 Å². The fourth-order valence-electron chi connectivity index (χ4n) is 5.33. The molecule has 44 heavy (non-hydrogen) atoms. The predicted molar refractivity (Wildman–Crippen MR) is 172 cm³/mol. The number of nitrogens with one attached hydrogen (secondary N) is 3. The Bertz CT molecular complexity index is 1840. The van der Waals surface area contributed by atoms with Gasteiger partial charge in [-0.1, -0.05) is 48.5 Å². The minimum Gasteiger partial charge on any atom is -0.341 e. The molecule has 10 nitrogen and oxygen atoms in total. The molecule has 4 aromatic rings. The first-order valence-corrected chi connectivity index (χ1v) is 15.7. The van der Waals surface area contributed by atoms with E-state index in [0.717, 1.165) is 21.9 Å². The summed E-state index contributed by atoms with van der Waals surface area (Å²) in [5, 5.41) is 10.3. The number of carbonyl (C=O) groups is 3. The molecular formula is C33H35N5O5S. The Hall–Kier alpha value is -4.74. The smallest absolute Gasteiger partial charge is 0.264 e. The maximum atomic E-state index is 14.4. The summed E-state index contributed by atoms with van der Waals surface area (Å²) in [6, 6.07) is 22.8. The molecule has 5 rings (SSSR count). The van der Waals surface area contributed by atoms with Crippen LogP contribution in [-0.2, 0) is 31.0 Å². The average Bonchev–Trinajstić information content (AvgIpc) is 3.12. The number of rotatable bonds is 8. The van der Waals surface area contributed by atoms with E-state index in [4.69, 9.17) is 0 Å². The van der Waals surface area contributed by atoms with E-state index in [2.05, 4.69) is 16.0 Å². The van der Waals surface area contributed by atoms with Gasteiger partial charge in [-0.05, 0) is 79.2 Å². The van der Waals surface area contributed by atoms with E-state index >= 15 is 0 Å². The van der Waals surface area contributed by atoms with Gasteiger partial charge in [-0.2, -0.15) is 0 Å². The maximum absolute atomic E-state index is 14.4. The fourth-order valence-corrected chi connectivity index (χ4v) is 6.83. The number of para-hydroxylation sites is 2. The van der Waals surface area contributed by atoms with Crippen molar-refractivity contribution < 1.29 is 22.8 Å². The first-order valence-electron chi connectivity index (χ1n) is 14.3. The zero-order valence-electron chi connectivity index (χ0n) is 25.0. The predicted octanol–water partition coefficient (Wildman–Crippen LogP) is 3.94. The second-order valence-corrected chi connectivity index (χ2v) is 12.7. The van der Waals surface area contributed by atoms with E-state index in [1.807, 2.05) is 43.3 Å². The zero-order chi connectivity index (χ0) is 31.6. The molecule has 3 amide bonds. The van der Waals surface area contributed by atoms with Gasteiger partial charge in [0.1, 0.15) is 6.04 Å². The largest absolute Gasteiger partial charge is 0.341 e.